The maximum atomic E-state index is 12.2. The van der Waals surface area contributed by atoms with Gasteiger partial charge < -0.3 is 14.8 Å². The molecule has 0 aromatic heterocycles. The van der Waals surface area contributed by atoms with E-state index in [1.165, 1.54) is 43.5 Å². The molecule has 0 unspecified atom stereocenters. The van der Waals surface area contributed by atoms with Crippen LogP contribution < -0.4 is 15.2 Å². The van der Waals surface area contributed by atoms with Crippen molar-refractivity contribution in [1.82, 2.24) is 0 Å². The number of primary sulfonamides is 1. The van der Waals surface area contributed by atoms with Crippen molar-refractivity contribution >= 4 is 27.6 Å². The van der Waals surface area contributed by atoms with E-state index in [1.54, 1.807) is 19.1 Å². The van der Waals surface area contributed by atoms with E-state index in [0.717, 1.165) is 0 Å². The molecule has 0 saturated carbocycles. The zero-order chi connectivity index (χ0) is 19.3. The molecule has 0 heterocycles. The Labute approximate surface area is 151 Å². The molecule has 2 aromatic carbocycles. The highest BCUT2D eigenvalue weighted by Gasteiger charge is 2.16. The fourth-order valence-electron chi connectivity index (χ4n) is 2.02. The van der Waals surface area contributed by atoms with Gasteiger partial charge >= 0.3 is 5.97 Å². The van der Waals surface area contributed by atoms with E-state index in [1.807, 2.05) is 0 Å². The number of ether oxygens (including phenoxy) is 2. The molecule has 8 nitrogen and oxygen atoms in total. The lowest BCUT2D eigenvalue weighted by Crippen LogP contribution is -2.30. The quantitative estimate of drug-likeness (QED) is 0.735. The highest BCUT2D eigenvalue weighted by Crippen LogP contribution is 2.16. The standard InChI is InChI=1S/C17H18N2O6S/c1-11(25-14-7-3-12(4-8-14)17(21)24-2)16(20)19-13-5-9-15(10-6-13)26(18,22)23/h3-11H,1-2H3,(H,19,20)(H2,18,22,23)/t11-/m0/s1. The Balaban J connectivity index is 1.98. The molecule has 138 valence electrons. The van der Waals surface area contributed by atoms with Crippen molar-refractivity contribution in [3.05, 3.63) is 54.1 Å². The van der Waals surface area contributed by atoms with Gasteiger partial charge in [0.25, 0.3) is 5.91 Å². The molecule has 0 aliphatic heterocycles. The maximum absolute atomic E-state index is 12.2. The van der Waals surface area contributed by atoms with Gasteiger partial charge in [-0.1, -0.05) is 0 Å². The molecule has 0 fully saturated rings. The number of anilines is 1. The lowest BCUT2D eigenvalue weighted by molar-refractivity contribution is -0.122. The van der Waals surface area contributed by atoms with E-state index in [0.29, 0.717) is 17.0 Å². The van der Waals surface area contributed by atoms with Crippen molar-refractivity contribution in [3.8, 4) is 5.75 Å². The highest BCUT2D eigenvalue weighted by molar-refractivity contribution is 7.89. The minimum atomic E-state index is -3.79. The van der Waals surface area contributed by atoms with Crippen LogP contribution in [0.3, 0.4) is 0 Å². The Morgan fingerprint density at radius 3 is 2.12 bits per heavy atom. The minimum absolute atomic E-state index is 0.0505. The molecule has 0 bridgehead atoms. The van der Waals surface area contributed by atoms with Crippen LogP contribution >= 0.6 is 0 Å². The van der Waals surface area contributed by atoms with Gasteiger partial charge in [0.15, 0.2) is 6.10 Å². The number of methoxy groups -OCH3 is 1. The molecule has 0 saturated heterocycles. The number of carbonyl (C=O) groups excluding carboxylic acids is 2. The van der Waals surface area contributed by atoms with Gasteiger partial charge in [-0.3, -0.25) is 4.79 Å². The molecular formula is C17H18N2O6S. The Hall–Kier alpha value is -2.91. The zero-order valence-electron chi connectivity index (χ0n) is 14.1. The summed E-state index contributed by atoms with van der Waals surface area (Å²) in [6.07, 6.45) is -0.822. The van der Waals surface area contributed by atoms with Crippen LogP contribution in [0.2, 0.25) is 0 Å². The van der Waals surface area contributed by atoms with E-state index < -0.39 is 28.0 Å². The number of benzene rings is 2. The van der Waals surface area contributed by atoms with Crippen LogP contribution in [0.15, 0.2) is 53.4 Å². The van der Waals surface area contributed by atoms with Gasteiger partial charge in [0.05, 0.1) is 17.6 Å². The summed E-state index contributed by atoms with van der Waals surface area (Å²) in [5, 5.41) is 7.62. The van der Waals surface area contributed by atoms with Gasteiger partial charge in [-0.25, -0.2) is 18.4 Å². The molecule has 9 heteroatoms. The predicted molar refractivity (Wildman–Crippen MR) is 94.3 cm³/mol. The number of esters is 1. The SMILES string of the molecule is COC(=O)c1ccc(O[C@@H](C)C(=O)Nc2ccc(S(N)(=O)=O)cc2)cc1. The summed E-state index contributed by atoms with van der Waals surface area (Å²) >= 11 is 0. The second-order valence-electron chi connectivity index (χ2n) is 5.33. The minimum Gasteiger partial charge on any atom is -0.481 e. The van der Waals surface area contributed by atoms with Crippen molar-refractivity contribution in [2.24, 2.45) is 5.14 Å². The molecule has 0 radical (unpaired) electrons. The number of amides is 1. The molecule has 1 atom stereocenters. The van der Waals surface area contributed by atoms with Gasteiger partial charge in [0.1, 0.15) is 5.75 Å². The summed E-state index contributed by atoms with van der Waals surface area (Å²) in [6.45, 7) is 1.56. The molecule has 2 rings (SSSR count). The molecule has 0 spiro atoms. The van der Waals surface area contributed by atoms with Gasteiger partial charge in [0.2, 0.25) is 10.0 Å². The normalized spacial score (nSPS) is 12.1. The smallest absolute Gasteiger partial charge is 0.337 e. The van der Waals surface area contributed by atoms with E-state index >= 15 is 0 Å². The van der Waals surface area contributed by atoms with E-state index in [4.69, 9.17) is 9.88 Å². The fourth-order valence-corrected chi connectivity index (χ4v) is 2.53. The number of sulfonamides is 1. The molecule has 3 N–H and O–H groups in total. The fraction of sp³-hybridized carbons (Fsp3) is 0.176. The summed E-state index contributed by atoms with van der Waals surface area (Å²) in [5.74, 6) is -0.486. The lowest BCUT2D eigenvalue weighted by atomic mass is 10.2. The Morgan fingerprint density at radius 2 is 1.62 bits per heavy atom. The van der Waals surface area contributed by atoms with Crippen molar-refractivity contribution in [2.45, 2.75) is 17.9 Å². The maximum Gasteiger partial charge on any atom is 0.337 e. The van der Waals surface area contributed by atoms with E-state index in [9.17, 15) is 18.0 Å². The van der Waals surface area contributed by atoms with Crippen LogP contribution in [0.1, 0.15) is 17.3 Å². The zero-order valence-corrected chi connectivity index (χ0v) is 14.9. The van der Waals surface area contributed by atoms with Crippen molar-refractivity contribution < 1.29 is 27.5 Å². The number of carbonyl (C=O) groups is 2. The summed E-state index contributed by atoms with van der Waals surface area (Å²) in [6, 6.07) is 11.6. The summed E-state index contributed by atoms with van der Waals surface area (Å²) < 4.78 is 32.5. The van der Waals surface area contributed by atoms with E-state index in [-0.39, 0.29) is 4.90 Å². The second kappa shape index (κ2) is 7.98. The Bertz CT molecular complexity index is 892. The molecule has 1 amide bonds. The summed E-state index contributed by atoms with van der Waals surface area (Å²) in [4.78, 5) is 23.5. The monoisotopic (exact) mass is 378 g/mol. The highest BCUT2D eigenvalue weighted by atomic mass is 32.2. The number of nitrogens with one attached hydrogen (secondary N) is 1. The number of hydrogen-bond acceptors (Lipinski definition) is 6. The van der Waals surface area contributed by atoms with Crippen LogP contribution in [0.5, 0.6) is 5.75 Å². The third-order valence-electron chi connectivity index (χ3n) is 3.41. The molecule has 2 aromatic rings. The van der Waals surface area contributed by atoms with Crippen LogP contribution in [0.25, 0.3) is 0 Å². The molecular weight excluding hydrogens is 360 g/mol. The Kier molecular flexibility index (Phi) is 5.96. The number of rotatable bonds is 6. The van der Waals surface area contributed by atoms with Crippen molar-refractivity contribution in [3.63, 3.8) is 0 Å². The summed E-state index contributed by atoms with van der Waals surface area (Å²) in [7, 11) is -2.50. The second-order valence-corrected chi connectivity index (χ2v) is 6.90. The largest absolute Gasteiger partial charge is 0.481 e. The van der Waals surface area contributed by atoms with E-state index in [2.05, 4.69) is 10.1 Å². The number of hydrogen-bond donors (Lipinski definition) is 2. The third kappa shape index (κ3) is 5.04. The van der Waals surface area contributed by atoms with Crippen molar-refractivity contribution in [1.29, 1.82) is 0 Å². The average Bonchev–Trinajstić information content (AvgIpc) is 2.61. The molecule has 26 heavy (non-hydrogen) atoms. The van der Waals surface area contributed by atoms with Crippen LogP contribution in [-0.2, 0) is 19.6 Å². The molecule has 0 aliphatic carbocycles. The first-order chi connectivity index (χ1) is 12.2. The first-order valence-corrected chi connectivity index (χ1v) is 9.04. The topological polar surface area (TPSA) is 125 Å². The average molecular weight is 378 g/mol. The van der Waals surface area contributed by atoms with Crippen molar-refractivity contribution in [2.75, 3.05) is 12.4 Å². The third-order valence-corrected chi connectivity index (χ3v) is 4.34. The predicted octanol–water partition coefficient (Wildman–Crippen LogP) is 1.53. The van der Waals surface area contributed by atoms with Crippen LogP contribution in [0, 0.1) is 0 Å². The first kappa shape index (κ1) is 19.4. The Morgan fingerprint density at radius 1 is 1.04 bits per heavy atom. The summed E-state index contributed by atoms with van der Waals surface area (Å²) in [5.41, 5.74) is 0.769. The van der Waals surface area contributed by atoms with Crippen LogP contribution in [0.4, 0.5) is 5.69 Å². The van der Waals surface area contributed by atoms with Gasteiger partial charge in [-0.2, -0.15) is 0 Å². The first-order valence-electron chi connectivity index (χ1n) is 7.49. The molecule has 0 aliphatic rings. The van der Waals surface area contributed by atoms with Gasteiger partial charge in [-0.05, 0) is 55.5 Å². The van der Waals surface area contributed by atoms with Gasteiger partial charge in [-0.15, -0.1) is 0 Å². The van der Waals surface area contributed by atoms with Crippen LogP contribution in [-0.4, -0.2) is 33.5 Å². The lowest BCUT2D eigenvalue weighted by Gasteiger charge is -2.15. The van der Waals surface area contributed by atoms with Gasteiger partial charge in [0, 0.05) is 5.69 Å². The number of nitrogens with two attached hydrogens (primary N) is 1.